The van der Waals surface area contributed by atoms with Gasteiger partial charge in [0, 0.05) is 42.4 Å². The van der Waals surface area contributed by atoms with Crippen LogP contribution < -0.4 is 5.32 Å². The third-order valence-corrected chi connectivity index (χ3v) is 4.59. The Kier molecular flexibility index (Phi) is 5.48. The van der Waals surface area contributed by atoms with Gasteiger partial charge in [0.2, 0.25) is 5.91 Å². The van der Waals surface area contributed by atoms with Gasteiger partial charge in [0.05, 0.1) is 5.69 Å². The van der Waals surface area contributed by atoms with E-state index in [1.54, 1.807) is 18.2 Å². The monoisotopic (exact) mass is 343 g/mol. The lowest BCUT2D eigenvalue weighted by Gasteiger charge is -2.05. The standard InChI is InChI=1S/C18H18FN3OS/c19-15-5-1-2-6-16(15)24-12-9-18(23)20-10-8-14-13-22-11-4-3-7-17(22)21-14/h1-7,11,13H,8-10,12H2,(H,20,23). The number of aromatic nitrogens is 2. The minimum absolute atomic E-state index is 0.0254. The van der Waals surface area contributed by atoms with Crippen molar-refractivity contribution in [2.24, 2.45) is 0 Å². The summed E-state index contributed by atoms with van der Waals surface area (Å²) in [6.45, 7) is 0.549. The summed E-state index contributed by atoms with van der Waals surface area (Å²) in [5.74, 6) is 0.290. The minimum Gasteiger partial charge on any atom is -0.356 e. The molecule has 3 aromatic rings. The highest BCUT2D eigenvalue weighted by molar-refractivity contribution is 7.99. The Hall–Kier alpha value is -2.34. The van der Waals surface area contributed by atoms with Crippen molar-refractivity contribution in [2.45, 2.75) is 17.7 Å². The number of pyridine rings is 1. The van der Waals surface area contributed by atoms with Gasteiger partial charge >= 0.3 is 0 Å². The number of carbonyl (C=O) groups excluding carboxylic acids is 1. The highest BCUT2D eigenvalue weighted by Gasteiger charge is 2.06. The number of hydrogen-bond acceptors (Lipinski definition) is 3. The molecule has 1 aromatic carbocycles. The molecule has 3 rings (SSSR count). The van der Waals surface area contributed by atoms with Gasteiger partial charge in [0.25, 0.3) is 0 Å². The lowest BCUT2D eigenvalue weighted by Crippen LogP contribution is -2.25. The first-order chi connectivity index (χ1) is 11.7. The number of benzene rings is 1. The molecule has 0 aliphatic carbocycles. The predicted molar refractivity (Wildman–Crippen MR) is 93.6 cm³/mol. The van der Waals surface area contributed by atoms with Crippen LogP contribution in [0.4, 0.5) is 4.39 Å². The summed E-state index contributed by atoms with van der Waals surface area (Å²) in [7, 11) is 0. The molecular formula is C18H18FN3OS. The molecule has 2 heterocycles. The fourth-order valence-corrected chi connectivity index (χ4v) is 3.23. The smallest absolute Gasteiger partial charge is 0.220 e. The van der Waals surface area contributed by atoms with Crippen LogP contribution in [-0.4, -0.2) is 27.6 Å². The number of rotatable bonds is 7. The van der Waals surface area contributed by atoms with Crippen LogP contribution in [0.5, 0.6) is 0 Å². The molecule has 0 unspecified atom stereocenters. The van der Waals surface area contributed by atoms with E-state index < -0.39 is 0 Å². The van der Waals surface area contributed by atoms with Crippen molar-refractivity contribution in [1.82, 2.24) is 14.7 Å². The quantitative estimate of drug-likeness (QED) is 0.670. The zero-order valence-electron chi connectivity index (χ0n) is 13.1. The number of hydrogen-bond donors (Lipinski definition) is 1. The molecule has 24 heavy (non-hydrogen) atoms. The number of fused-ring (bicyclic) bond motifs is 1. The van der Waals surface area contributed by atoms with Crippen LogP contribution in [0.3, 0.4) is 0 Å². The predicted octanol–water partition coefficient (Wildman–Crippen LogP) is 3.31. The first-order valence-corrected chi connectivity index (χ1v) is 8.77. The molecule has 0 bridgehead atoms. The fourth-order valence-electron chi connectivity index (χ4n) is 2.34. The van der Waals surface area contributed by atoms with Crippen molar-refractivity contribution in [3.05, 3.63) is 66.4 Å². The molecule has 1 amide bonds. The maximum atomic E-state index is 13.5. The van der Waals surface area contributed by atoms with Crippen LogP contribution in [-0.2, 0) is 11.2 Å². The van der Waals surface area contributed by atoms with E-state index >= 15 is 0 Å². The van der Waals surface area contributed by atoms with Crippen LogP contribution in [0, 0.1) is 5.82 Å². The number of halogens is 1. The van der Waals surface area contributed by atoms with E-state index in [9.17, 15) is 9.18 Å². The lowest BCUT2D eigenvalue weighted by molar-refractivity contribution is -0.120. The Balaban J connectivity index is 1.39. The Morgan fingerprint density at radius 3 is 2.88 bits per heavy atom. The van der Waals surface area contributed by atoms with E-state index in [1.807, 2.05) is 35.0 Å². The summed E-state index contributed by atoms with van der Waals surface area (Å²) in [5.41, 5.74) is 1.85. The second-order valence-corrected chi connectivity index (χ2v) is 6.46. The molecule has 0 saturated heterocycles. The normalized spacial score (nSPS) is 10.9. The molecule has 0 radical (unpaired) electrons. The summed E-state index contributed by atoms with van der Waals surface area (Å²) >= 11 is 1.36. The Morgan fingerprint density at radius 2 is 2.04 bits per heavy atom. The van der Waals surface area contributed by atoms with Gasteiger partial charge in [-0.25, -0.2) is 9.37 Å². The summed E-state index contributed by atoms with van der Waals surface area (Å²) < 4.78 is 15.4. The molecule has 0 atom stereocenters. The fraction of sp³-hybridized carbons (Fsp3) is 0.222. The second kappa shape index (κ2) is 7.97. The van der Waals surface area contributed by atoms with Gasteiger partial charge < -0.3 is 9.72 Å². The maximum absolute atomic E-state index is 13.5. The van der Waals surface area contributed by atoms with E-state index in [-0.39, 0.29) is 11.7 Å². The van der Waals surface area contributed by atoms with Crippen molar-refractivity contribution in [1.29, 1.82) is 0 Å². The molecule has 4 nitrogen and oxygen atoms in total. The third kappa shape index (κ3) is 4.35. The van der Waals surface area contributed by atoms with E-state index in [0.717, 1.165) is 11.3 Å². The Labute approximate surface area is 144 Å². The van der Waals surface area contributed by atoms with Crippen LogP contribution in [0.25, 0.3) is 5.65 Å². The van der Waals surface area contributed by atoms with Gasteiger partial charge in [0.15, 0.2) is 0 Å². The summed E-state index contributed by atoms with van der Waals surface area (Å²) in [4.78, 5) is 16.9. The molecule has 0 aliphatic heterocycles. The van der Waals surface area contributed by atoms with Gasteiger partial charge in [-0.05, 0) is 24.3 Å². The topological polar surface area (TPSA) is 46.4 Å². The molecule has 0 fully saturated rings. The van der Waals surface area contributed by atoms with Crippen molar-refractivity contribution >= 4 is 23.3 Å². The van der Waals surface area contributed by atoms with Crippen molar-refractivity contribution in [3.63, 3.8) is 0 Å². The minimum atomic E-state index is -0.241. The lowest BCUT2D eigenvalue weighted by atomic mass is 10.3. The van der Waals surface area contributed by atoms with E-state index in [1.165, 1.54) is 17.8 Å². The average molecular weight is 343 g/mol. The van der Waals surface area contributed by atoms with Gasteiger partial charge in [0.1, 0.15) is 11.5 Å². The number of amides is 1. The summed E-state index contributed by atoms with van der Waals surface area (Å²) in [6, 6.07) is 12.4. The van der Waals surface area contributed by atoms with Crippen molar-refractivity contribution in [3.8, 4) is 0 Å². The maximum Gasteiger partial charge on any atom is 0.220 e. The second-order valence-electron chi connectivity index (χ2n) is 5.33. The van der Waals surface area contributed by atoms with Crippen LogP contribution in [0.1, 0.15) is 12.1 Å². The molecule has 1 N–H and O–H groups in total. The number of carbonyl (C=O) groups is 1. The van der Waals surface area contributed by atoms with Crippen LogP contribution in [0.2, 0.25) is 0 Å². The molecule has 0 saturated carbocycles. The van der Waals surface area contributed by atoms with Crippen molar-refractivity contribution < 1.29 is 9.18 Å². The van der Waals surface area contributed by atoms with Gasteiger partial charge in [-0.1, -0.05) is 18.2 Å². The highest BCUT2D eigenvalue weighted by atomic mass is 32.2. The SMILES string of the molecule is O=C(CCSc1ccccc1F)NCCc1cn2ccccc2n1. The van der Waals surface area contributed by atoms with Gasteiger partial charge in [-0.3, -0.25) is 4.79 Å². The average Bonchev–Trinajstić information content (AvgIpc) is 2.99. The van der Waals surface area contributed by atoms with Gasteiger partial charge in [-0.2, -0.15) is 0 Å². The van der Waals surface area contributed by atoms with Crippen LogP contribution in [0.15, 0.2) is 59.8 Å². The number of imidazole rings is 1. The molecule has 2 aromatic heterocycles. The zero-order valence-corrected chi connectivity index (χ0v) is 13.9. The highest BCUT2D eigenvalue weighted by Crippen LogP contribution is 2.21. The number of thioether (sulfide) groups is 1. The van der Waals surface area contributed by atoms with Crippen LogP contribution >= 0.6 is 11.8 Å². The zero-order chi connectivity index (χ0) is 16.8. The van der Waals surface area contributed by atoms with E-state index in [4.69, 9.17) is 0 Å². The summed E-state index contributed by atoms with van der Waals surface area (Å²) in [5, 5.41) is 2.88. The molecule has 124 valence electrons. The van der Waals surface area contributed by atoms with Gasteiger partial charge in [-0.15, -0.1) is 11.8 Å². The third-order valence-electron chi connectivity index (χ3n) is 3.54. The molecular weight excluding hydrogens is 325 g/mol. The van der Waals surface area contributed by atoms with Crippen molar-refractivity contribution in [2.75, 3.05) is 12.3 Å². The number of nitrogens with one attached hydrogen (secondary N) is 1. The Morgan fingerprint density at radius 1 is 1.21 bits per heavy atom. The number of nitrogens with zero attached hydrogens (tertiary/aromatic N) is 2. The first-order valence-electron chi connectivity index (χ1n) is 7.79. The molecule has 0 spiro atoms. The first kappa shape index (κ1) is 16.5. The summed E-state index contributed by atoms with van der Waals surface area (Å²) in [6.07, 6.45) is 4.97. The molecule has 6 heteroatoms. The van der Waals surface area contributed by atoms with E-state index in [2.05, 4.69) is 10.3 Å². The largest absolute Gasteiger partial charge is 0.356 e. The van der Waals surface area contributed by atoms with E-state index in [0.29, 0.717) is 30.0 Å². The molecule has 0 aliphatic rings. The Bertz CT molecular complexity index is 801.